The van der Waals surface area contributed by atoms with E-state index in [0.29, 0.717) is 6.04 Å². The summed E-state index contributed by atoms with van der Waals surface area (Å²) in [5, 5.41) is 3.69. The Morgan fingerprint density at radius 2 is 2.11 bits per heavy atom. The van der Waals surface area contributed by atoms with Crippen LogP contribution in [-0.2, 0) is 0 Å². The summed E-state index contributed by atoms with van der Waals surface area (Å²) < 4.78 is 1.19. The minimum Gasteiger partial charge on any atom is -0.370 e. The van der Waals surface area contributed by atoms with E-state index < -0.39 is 0 Å². The summed E-state index contributed by atoms with van der Waals surface area (Å²) in [6.45, 7) is 11.2. The van der Waals surface area contributed by atoms with Gasteiger partial charge in [0, 0.05) is 34.8 Å². The molecular formula is C15H23BrN2. The maximum absolute atomic E-state index is 3.69. The van der Waals surface area contributed by atoms with Crippen molar-refractivity contribution < 1.29 is 0 Å². The zero-order valence-electron chi connectivity index (χ0n) is 11.8. The molecular weight excluding hydrogens is 288 g/mol. The van der Waals surface area contributed by atoms with Gasteiger partial charge in [-0.1, -0.05) is 15.9 Å². The van der Waals surface area contributed by atoms with Crippen molar-refractivity contribution in [3.63, 3.8) is 0 Å². The van der Waals surface area contributed by atoms with Gasteiger partial charge in [-0.15, -0.1) is 0 Å². The largest absolute Gasteiger partial charge is 0.370 e. The smallest absolute Gasteiger partial charge is 0.0370 e. The SMILES string of the molecule is Cc1cc(N2CCC(C)NC(C)(C)C2)ccc1Br. The van der Waals surface area contributed by atoms with Crippen LogP contribution in [0.5, 0.6) is 0 Å². The Morgan fingerprint density at radius 1 is 1.39 bits per heavy atom. The van der Waals surface area contributed by atoms with E-state index in [-0.39, 0.29) is 5.54 Å². The van der Waals surface area contributed by atoms with Gasteiger partial charge < -0.3 is 10.2 Å². The fourth-order valence-electron chi connectivity index (χ4n) is 2.74. The van der Waals surface area contributed by atoms with Crippen LogP contribution in [0.4, 0.5) is 5.69 Å². The summed E-state index contributed by atoms with van der Waals surface area (Å²) in [5.74, 6) is 0. The van der Waals surface area contributed by atoms with Gasteiger partial charge in [0.25, 0.3) is 0 Å². The van der Waals surface area contributed by atoms with Crippen LogP contribution in [0.15, 0.2) is 22.7 Å². The second-order valence-corrected chi connectivity index (χ2v) is 6.93. The summed E-state index contributed by atoms with van der Waals surface area (Å²) in [7, 11) is 0. The van der Waals surface area contributed by atoms with E-state index in [4.69, 9.17) is 0 Å². The number of hydrogen-bond acceptors (Lipinski definition) is 2. The standard InChI is InChI=1S/C15H23BrN2/c1-11-9-13(5-6-14(11)16)18-8-7-12(2)17-15(3,4)10-18/h5-6,9,12,17H,7-8,10H2,1-4H3. The summed E-state index contributed by atoms with van der Waals surface area (Å²) in [5.41, 5.74) is 2.80. The van der Waals surface area contributed by atoms with Gasteiger partial charge in [0.05, 0.1) is 0 Å². The van der Waals surface area contributed by atoms with Crippen LogP contribution in [0.3, 0.4) is 0 Å². The third-order valence-corrected chi connectivity index (χ3v) is 4.45. The average molecular weight is 311 g/mol. The molecule has 0 bridgehead atoms. The monoisotopic (exact) mass is 310 g/mol. The van der Waals surface area contributed by atoms with Gasteiger partial charge in [-0.3, -0.25) is 0 Å². The number of nitrogens with zero attached hydrogens (tertiary/aromatic N) is 1. The normalized spacial score (nSPS) is 23.8. The molecule has 1 N–H and O–H groups in total. The van der Waals surface area contributed by atoms with Crippen LogP contribution >= 0.6 is 15.9 Å². The first-order chi connectivity index (χ1) is 8.37. The summed E-state index contributed by atoms with van der Waals surface area (Å²) >= 11 is 3.57. The van der Waals surface area contributed by atoms with Crippen molar-refractivity contribution in [2.75, 3.05) is 18.0 Å². The quantitative estimate of drug-likeness (QED) is 0.850. The number of aryl methyl sites for hydroxylation is 1. The van der Waals surface area contributed by atoms with Gasteiger partial charge in [0.15, 0.2) is 0 Å². The fraction of sp³-hybridized carbons (Fsp3) is 0.600. The first kappa shape index (κ1) is 13.9. The van der Waals surface area contributed by atoms with E-state index in [1.165, 1.54) is 22.1 Å². The van der Waals surface area contributed by atoms with E-state index >= 15 is 0 Å². The average Bonchev–Trinajstić information content (AvgIpc) is 2.40. The number of hydrogen-bond donors (Lipinski definition) is 1. The molecule has 1 saturated heterocycles. The van der Waals surface area contributed by atoms with Crippen molar-refractivity contribution in [3.05, 3.63) is 28.2 Å². The van der Waals surface area contributed by atoms with Crippen molar-refractivity contribution in [2.45, 2.75) is 45.7 Å². The lowest BCUT2D eigenvalue weighted by Gasteiger charge is -2.32. The second-order valence-electron chi connectivity index (χ2n) is 6.07. The molecule has 1 aliphatic heterocycles. The van der Waals surface area contributed by atoms with Crippen LogP contribution in [0, 0.1) is 6.92 Å². The molecule has 1 heterocycles. The number of halogens is 1. The molecule has 0 amide bonds. The first-order valence-corrected chi connectivity index (χ1v) is 7.45. The molecule has 3 heteroatoms. The van der Waals surface area contributed by atoms with Crippen molar-refractivity contribution in [2.24, 2.45) is 0 Å². The van der Waals surface area contributed by atoms with Crippen LogP contribution in [0.2, 0.25) is 0 Å². The molecule has 0 saturated carbocycles. The number of benzene rings is 1. The Bertz CT molecular complexity index is 429. The van der Waals surface area contributed by atoms with Crippen LogP contribution in [0.25, 0.3) is 0 Å². The highest BCUT2D eigenvalue weighted by Gasteiger charge is 2.27. The van der Waals surface area contributed by atoms with Gasteiger partial charge in [-0.2, -0.15) is 0 Å². The molecule has 1 aromatic carbocycles. The Labute approximate surface area is 119 Å². The zero-order valence-corrected chi connectivity index (χ0v) is 13.3. The molecule has 100 valence electrons. The molecule has 2 rings (SSSR count). The van der Waals surface area contributed by atoms with Crippen molar-refractivity contribution in [1.29, 1.82) is 0 Å². The van der Waals surface area contributed by atoms with Crippen LogP contribution in [0.1, 0.15) is 32.8 Å². The molecule has 18 heavy (non-hydrogen) atoms. The van der Waals surface area contributed by atoms with Crippen molar-refractivity contribution in [3.8, 4) is 0 Å². The maximum atomic E-state index is 3.69. The summed E-state index contributed by atoms with van der Waals surface area (Å²) in [6.07, 6.45) is 1.19. The Balaban J connectivity index is 2.23. The van der Waals surface area contributed by atoms with E-state index in [9.17, 15) is 0 Å². The number of nitrogens with one attached hydrogen (secondary N) is 1. The van der Waals surface area contributed by atoms with Crippen LogP contribution < -0.4 is 10.2 Å². The second kappa shape index (κ2) is 5.22. The highest BCUT2D eigenvalue weighted by molar-refractivity contribution is 9.10. The van der Waals surface area contributed by atoms with Gasteiger partial charge in [-0.25, -0.2) is 0 Å². The Kier molecular flexibility index (Phi) is 4.02. The van der Waals surface area contributed by atoms with E-state index in [1.807, 2.05) is 0 Å². The van der Waals surface area contributed by atoms with E-state index in [2.05, 4.69) is 72.0 Å². The van der Waals surface area contributed by atoms with Gasteiger partial charge >= 0.3 is 0 Å². The zero-order chi connectivity index (χ0) is 13.3. The van der Waals surface area contributed by atoms with Gasteiger partial charge in [0.1, 0.15) is 0 Å². The van der Waals surface area contributed by atoms with Gasteiger partial charge in [0.2, 0.25) is 0 Å². The predicted octanol–water partition coefficient (Wildman–Crippen LogP) is 3.72. The Hall–Kier alpha value is -0.540. The minimum absolute atomic E-state index is 0.164. The highest BCUT2D eigenvalue weighted by Crippen LogP contribution is 2.26. The topological polar surface area (TPSA) is 15.3 Å². The maximum Gasteiger partial charge on any atom is 0.0370 e. The minimum atomic E-state index is 0.164. The summed E-state index contributed by atoms with van der Waals surface area (Å²) in [6, 6.07) is 7.22. The summed E-state index contributed by atoms with van der Waals surface area (Å²) in [4.78, 5) is 2.50. The van der Waals surface area contributed by atoms with Crippen molar-refractivity contribution >= 4 is 21.6 Å². The molecule has 2 nitrogen and oxygen atoms in total. The molecule has 0 aromatic heterocycles. The van der Waals surface area contributed by atoms with E-state index in [0.717, 1.165) is 13.1 Å². The number of rotatable bonds is 1. The van der Waals surface area contributed by atoms with Crippen molar-refractivity contribution in [1.82, 2.24) is 5.32 Å². The highest BCUT2D eigenvalue weighted by atomic mass is 79.9. The molecule has 1 unspecified atom stereocenters. The third-order valence-electron chi connectivity index (χ3n) is 3.56. The predicted molar refractivity (Wildman–Crippen MR) is 82.4 cm³/mol. The van der Waals surface area contributed by atoms with E-state index in [1.54, 1.807) is 0 Å². The molecule has 0 radical (unpaired) electrons. The lowest BCUT2D eigenvalue weighted by molar-refractivity contribution is 0.368. The van der Waals surface area contributed by atoms with Crippen LogP contribution in [-0.4, -0.2) is 24.7 Å². The third kappa shape index (κ3) is 3.27. The van der Waals surface area contributed by atoms with Gasteiger partial charge in [-0.05, 0) is 57.9 Å². The molecule has 0 aliphatic carbocycles. The molecule has 1 aromatic rings. The molecule has 1 aliphatic rings. The number of anilines is 1. The lowest BCUT2D eigenvalue weighted by atomic mass is 10.0. The Morgan fingerprint density at radius 3 is 2.78 bits per heavy atom. The molecule has 1 fully saturated rings. The molecule has 0 spiro atoms. The molecule has 1 atom stereocenters. The lowest BCUT2D eigenvalue weighted by Crippen LogP contribution is -2.48. The first-order valence-electron chi connectivity index (χ1n) is 6.66. The fourth-order valence-corrected chi connectivity index (χ4v) is 2.98.